The summed E-state index contributed by atoms with van der Waals surface area (Å²) in [5.74, 6) is 1.83. The molecule has 104 valence electrons. The molecule has 0 aromatic carbocycles. The molecule has 0 aliphatic carbocycles. The van der Waals surface area contributed by atoms with Crippen LogP contribution < -0.4 is 10.7 Å². The van der Waals surface area contributed by atoms with Gasteiger partial charge in [-0.1, -0.05) is 0 Å². The highest BCUT2D eigenvalue weighted by Gasteiger charge is 2.31. The minimum Gasteiger partial charge on any atom is -0.379 e. The number of nitrogens with zero attached hydrogens (tertiary/aromatic N) is 3. The fourth-order valence-electron chi connectivity index (χ4n) is 2.53. The molecule has 0 amide bonds. The molecule has 3 rings (SSSR count). The van der Waals surface area contributed by atoms with Gasteiger partial charge in [-0.25, -0.2) is 0 Å². The van der Waals surface area contributed by atoms with Crippen LogP contribution in [0.2, 0.25) is 0 Å². The largest absolute Gasteiger partial charge is 0.379 e. The molecule has 0 radical (unpaired) electrons. The quantitative estimate of drug-likeness (QED) is 0.675. The van der Waals surface area contributed by atoms with Gasteiger partial charge in [0.1, 0.15) is 17.4 Å². The molecule has 7 heteroatoms. The van der Waals surface area contributed by atoms with E-state index in [1.807, 2.05) is 0 Å². The Bertz CT molecular complexity index is 439. The topological polar surface area (TPSA) is 69.2 Å². The Morgan fingerprint density at radius 3 is 2.89 bits per heavy atom. The van der Waals surface area contributed by atoms with E-state index in [1.54, 1.807) is 6.92 Å². The van der Waals surface area contributed by atoms with Crippen molar-refractivity contribution in [3.8, 4) is 0 Å². The number of allylic oxidation sites excluding steroid dienone is 1. The van der Waals surface area contributed by atoms with E-state index in [0.29, 0.717) is 5.70 Å². The third-order valence-corrected chi connectivity index (χ3v) is 3.56. The summed E-state index contributed by atoms with van der Waals surface area (Å²) in [7, 11) is 0. The molecule has 3 aliphatic heterocycles. The van der Waals surface area contributed by atoms with Crippen molar-refractivity contribution in [2.24, 2.45) is 5.10 Å². The van der Waals surface area contributed by atoms with Gasteiger partial charge in [-0.3, -0.25) is 15.1 Å². The Morgan fingerprint density at radius 2 is 2.16 bits per heavy atom. The van der Waals surface area contributed by atoms with Crippen molar-refractivity contribution in [1.82, 2.24) is 20.5 Å². The number of amidine groups is 1. The first-order valence-corrected chi connectivity index (χ1v) is 6.65. The van der Waals surface area contributed by atoms with Gasteiger partial charge < -0.3 is 15.0 Å². The lowest BCUT2D eigenvalue weighted by Crippen LogP contribution is -2.47. The molecule has 2 saturated heterocycles. The number of carbonyl (C=O) groups excluding carboxylic acids is 1. The first-order valence-electron chi connectivity index (χ1n) is 6.65. The van der Waals surface area contributed by atoms with E-state index in [9.17, 15) is 4.79 Å². The predicted molar refractivity (Wildman–Crippen MR) is 70.2 cm³/mol. The summed E-state index contributed by atoms with van der Waals surface area (Å²) >= 11 is 0. The summed E-state index contributed by atoms with van der Waals surface area (Å²) in [4.78, 5) is 16.0. The minimum atomic E-state index is 0.00331. The standard InChI is InChI=1S/C12H19N5O2/c1-9(18)11-12-13-2-3-17(12)10(14-15-11)8-16-4-6-19-7-5-16/h13,15H,2-8H2,1H3. The van der Waals surface area contributed by atoms with Crippen molar-refractivity contribution in [3.63, 3.8) is 0 Å². The Labute approximate surface area is 112 Å². The van der Waals surface area contributed by atoms with Gasteiger partial charge >= 0.3 is 0 Å². The monoisotopic (exact) mass is 265 g/mol. The van der Waals surface area contributed by atoms with E-state index >= 15 is 0 Å². The van der Waals surface area contributed by atoms with Crippen molar-refractivity contribution in [1.29, 1.82) is 0 Å². The zero-order chi connectivity index (χ0) is 13.2. The number of nitrogens with one attached hydrogen (secondary N) is 2. The number of morpholine rings is 1. The van der Waals surface area contributed by atoms with Crippen molar-refractivity contribution in [2.75, 3.05) is 45.9 Å². The van der Waals surface area contributed by atoms with Crippen molar-refractivity contribution >= 4 is 11.6 Å². The van der Waals surface area contributed by atoms with Crippen molar-refractivity contribution < 1.29 is 9.53 Å². The van der Waals surface area contributed by atoms with Crippen LogP contribution in [0.3, 0.4) is 0 Å². The van der Waals surface area contributed by atoms with Gasteiger partial charge in [0, 0.05) is 33.1 Å². The van der Waals surface area contributed by atoms with E-state index in [1.165, 1.54) is 0 Å². The molecule has 0 aromatic heterocycles. The molecule has 0 bridgehead atoms. The number of hydrogen-bond acceptors (Lipinski definition) is 7. The van der Waals surface area contributed by atoms with Crippen molar-refractivity contribution in [3.05, 3.63) is 11.5 Å². The van der Waals surface area contributed by atoms with E-state index in [4.69, 9.17) is 4.74 Å². The second-order valence-corrected chi connectivity index (χ2v) is 4.89. The maximum absolute atomic E-state index is 11.6. The van der Waals surface area contributed by atoms with Gasteiger partial charge in [-0.15, -0.1) is 0 Å². The summed E-state index contributed by atoms with van der Waals surface area (Å²) in [5, 5.41) is 7.62. The molecule has 0 spiro atoms. The molecule has 3 heterocycles. The molecule has 7 nitrogen and oxygen atoms in total. The normalized spacial score (nSPS) is 23.6. The van der Waals surface area contributed by atoms with Crippen LogP contribution in [0.5, 0.6) is 0 Å². The van der Waals surface area contributed by atoms with Gasteiger partial charge in [-0.2, -0.15) is 5.10 Å². The number of ketones is 1. The lowest BCUT2D eigenvalue weighted by molar-refractivity contribution is -0.114. The summed E-state index contributed by atoms with van der Waals surface area (Å²) in [6.45, 7) is 7.45. The SMILES string of the molecule is CC(=O)C1=C2NCCN2C(CN2CCOCC2)=NN1. The molecule has 0 aromatic rings. The number of ether oxygens (including phenoxy) is 1. The highest BCUT2D eigenvalue weighted by molar-refractivity contribution is 5.97. The number of hydrogen-bond donors (Lipinski definition) is 2. The molecule has 0 unspecified atom stereocenters. The highest BCUT2D eigenvalue weighted by Crippen LogP contribution is 2.17. The molecule has 19 heavy (non-hydrogen) atoms. The zero-order valence-electron chi connectivity index (χ0n) is 11.1. The molecule has 2 N–H and O–H groups in total. The first-order chi connectivity index (χ1) is 9.25. The Kier molecular flexibility index (Phi) is 3.39. The van der Waals surface area contributed by atoms with Crippen molar-refractivity contribution in [2.45, 2.75) is 6.92 Å². The third kappa shape index (κ3) is 2.43. The number of Topliss-reactive ketones (excluding diaryl/α,β-unsaturated/α-hetero) is 1. The smallest absolute Gasteiger partial charge is 0.181 e. The fourth-order valence-corrected chi connectivity index (χ4v) is 2.53. The van der Waals surface area contributed by atoms with E-state index < -0.39 is 0 Å². The van der Waals surface area contributed by atoms with Crippen LogP contribution >= 0.6 is 0 Å². The maximum atomic E-state index is 11.6. The third-order valence-electron chi connectivity index (χ3n) is 3.56. The van der Waals surface area contributed by atoms with Crippen LogP contribution in [-0.2, 0) is 9.53 Å². The lowest BCUT2D eigenvalue weighted by Gasteiger charge is -2.32. The predicted octanol–water partition coefficient (Wildman–Crippen LogP) is -1.10. The van der Waals surface area contributed by atoms with Gasteiger partial charge in [0.05, 0.1) is 19.8 Å². The second-order valence-electron chi connectivity index (χ2n) is 4.89. The van der Waals surface area contributed by atoms with E-state index in [2.05, 4.69) is 25.6 Å². The van der Waals surface area contributed by atoms with Crippen LogP contribution in [0.1, 0.15) is 6.92 Å². The van der Waals surface area contributed by atoms with Crippen LogP contribution in [0.25, 0.3) is 0 Å². The summed E-state index contributed by atoms with van der Waals surface area (Å²) < 4.78 is 5.35. The number of hydrazone groups is 1. The molecular weight excluding hydrogens is 246 g/mol. The lowest BCUT2D eigenvalue weighted by atomic mass is 10.3. The Balaban J connectivity index is 1.72. The van der Waals surface area contributed by atoms with Gasteiger partial charge in [-0.05, 0) is 0 Å². The minimum absolute atomic E-state index is 0.00331. The van der Waals surface area contributed by atoms with Crippen LogP contribution in [0.4, 0.5) is 0 Å². The number of fused-ring (bicyclic) bond motifs is 1. The Hall–Kier alpha value is -1.60. The summed E-state index contributed by atoms with van der Waals surface area (Å²) in [6.07, 6.45) is 0. The van der Waals surface area contributed by atoms with Gasteiger partial charge in [0.2, 0.25) is 0 Å². The second kappa shape index (κ2) is 5.18. The highest BCUT2D eigenvalue weighted by atomic mass is 16.5. The van der Waals surface area contributed by atoms with E-state index in [-0.39, 0.29) is 5.78 Å². The molecule has 0 saturated carbocycles. The average molecular weight is 265 g/mol. The van der Waals surface area contributed by atoms with Gasteiger partial charge in [0.25, 0.3) is 0 Å². The number of carbonyl (C=O) groups is 1. The average Bonchev–Trinajstić information content (AvgIpc) is 2.89. The zero-order valence-corrected chi connectivity index (χ0v) is 11.1. The molecule has 2 fully saturated rings. The molecular formula is C12H19N5O2. The van der Waals surface area contributed by atoms with Crippen LogP contribution in [0.15, 0.2) is 16.6 Å². The molecule has 0 atom stereocenters. The van der Waals surface area contributed by atoms with Gasteiger partial charge in [0.15, 0.2) is 5.78 Å². The molecule has 3 aliphatic rings. The van der Waals surface area contributed by atoms with Crippen LogP contribution in [0, 0.1) is 0 Å². The fraction of sp³-hybridized carbons (Fsp3) is 0.667. The summed E-state index contributed by atoms with van der Waals surface area (Å²) in [6, 6.07) is 0. The maximum Gasteiger partial charge on any atom is 0.181 e. The number of rotatable bonds is 3. The van der Waals surface area contributed by atoms with E-state index in [0.717, 1.165) is 57.6 Å². The summed E-state index contributed by atoms with van der Waals surface area (Å²) in [5.41, 5.74) is 3.44. The Morgan fingerprint density at radius 1 is 1.37 bits per heavy atom. The van der Waals surface area contributed by atoms with Crippen LogP contribution in [-0.4, -0.2) is 67.4 Å². The first kappa shape index (κ1) is 12.4.